The van der Waals surface area contributed by atoms with E-state index in [0.717, 1.165) is 25.9 Å². The van der Waals surface area contributed by atoms with E-state index in [1.54, 1.807) is 7.05 Å². The van der Waals surface area contributed by atoms with Crippen molar-refractivity contribution in [1.29, 1.82) is 0 Å². The summed E-state index contributed by atoms with van der Waals surface area (Å²) in [4.78, 5) is 25.6. The van der Waals surface area contributed by atoms with Gasteiger partial charge in [0.2, 0.25) is 11.8 Å². The van der Waals surface area contributed by atoms with Crippen LogP contribution in [-0.2, 0) is 9.59 Å². The maximum absolute atomic E-state index is 12.2. The van der Waals surface area contributed by atoms with Gasteiger partial charge >= 0.3 is 0 Å². The van der Waals surface area contributed by atoms with Crippen LogP contribution in [0.4, 0.5) is 0 Å². The number of unbranched alkanes of at least 4 members (excludes halogenated alkanes) is 1. The van der Waals surface area contributed by atoms with Crippen LogP contribution in [0.2, 0.25) is 0 Å². The molecular formula is C13H24N2O2. The first-order valence-electron chi connectivity index (χ1n) is 6.41. The number of nitrogens with zero attached hydrogens (tertiary/aromatic N) is 1. The van der Waals surface area contributed by atoms with Gasteiger partial charge in [0, 0.05) is 26.6 Å². The Balaban J connectivity index is 2.69. The lowest BCUT2D eigenvalue weighted by Gasteiger charge is -2.23. The largest absolute Gasteiger partial charge is 0.359 e. The number of hydrogen-bond acceptors (Lipinski definition) is 2. The molecule has 98 valence electrons. The minimum atomic E-state index is -0.167. The maximum Gasteiger partial charge on any atom is 0.226 e. The molecule has 1 N–H and O–H groups in total. The molecule has 17 heavy (non-hydrogen) atoms. The highest BCUT2D eigenvalue weighted by Gasteiger charge is 2.46. The zero-order valence-electron chi connectivity index (χ0n) is 11.4. The van der Waals surface area contributed by atoms with E-state index >= 15 is 0 Å². The van der Waals surface area contributed by atoms with Gasteiger partial charge in [-0.25, -0.2) is 0 Å². The molecule has 1 heterocycles. The molecule has 1 aliphatic heterocycles. The van der Waals surface area contributed by atoms with Crippen molar-refractivity contribution in [2.75, 3.05) is 20.1 Å². The minimum absolute atomic E-state index is 0.0474. The fraction of sp³-hybridized carbons (Fsp3) is 0.846. The summed E-state index contributed by atoms with van der Waals surface area (Å²) < 4.78 is 0. The van der Waals surface area contributed by atoms with Crippen LogP contribution in [0.25, 0.3) is 0 Å². The van der Waals surface area contributed by atoms with E-state index in [-0.39, 0.29) is 23.1 Å². The summed E-state index contributed by atoms with van der Waals surface area (Å²) in [5.41, 5.74) is -0.0999. The predicted octanol–water partition coefficient (Wildman–Crippen LogP) is 1.41. The van der Waals surface area contributed by atoms with Gasteiger partial charge in [0.1, 0.15) is 0 Å². The summed E-state index contributed by atoms with van der Waals surface area (Å²) in [6, 6.07) is 0. The highest BCUT2D eigenvalue weighted by Crippen LogP contribution is 2.38. The van der Waals surface area contributed by atoms with Crippen LogP contribution >= 0.6 is 0 Å². The molecule has 1 fully saturated rings. The maximum atomic E-state index is 12.2. The molecular weight excluding hydrogens is 216 g/mol. The summed E-state index contributed by atoms with van der Waals surface area (Å²) in [7, 11) is 1.61. The lowest BCUT2D eigenvalue weighted by molar-refractivity contribution is -0.134. The van der Waals surface area contributed by atoms with E-state index in [2.05, 4.69) is 26.1 Å². The number of hydrogen-bond donors (Lipinski definition) is 1. The topological polar surface area (TPSA) is 49.4 Å². The van der Waals surface area contributed by atoms with Crippen molar-refractivity contribution in [3.05, 3.63) is 0 Å². The van der Waals surface area contributed by atoms with Gasteiger partial charge in [0.25, 0.3) is 0 Å². The van der Waals surface area contributed by atoms with Gasteiger partial charge in [0.15, 0.2) is 0 Å². The molecule has 0 radical (unpaired) electrons. The van der Waals surface area contributed by atoms with Crippen molar-refractivity contribution in [3.63, 3.8) is 0 Å². The molecule has 4 nitrogen and oxygen atoms in total. The third kappa shape index (κ3) is 3.20. The average Bonchev–Trinajstić information content (AvgIpc) is 2.49. The average molecular weight is 240 g/mol. The second kappa shape index (κ2) is 5.52. The quantitative estimate of drug-likeness (QED) is 0.790. The van der Waals surface area contributed by atoms with Crippen molar-refractivity contribution in [3.8, 4) is 0 Å². The standard InChI is InChI=1S/C13H24N2O2/c1-5-6-7-15-9-13(2,3)10(12(15)17)8-11(16)14-4/h10H,5-9H2,1-4H3,(H,14,16)/t10-/m1/s1. The number of nitrogens with one attached hydrogen (secondary N) is 1. The molecule has 1 aliphatic rings. The normalized spacial score (nSPS) is 22.9. The second-order valence-electron chi connectivity index (χ2n) is 5.53. The number of carbonyl (C=O) groups is 2. The first-order chi connectivity index (χ1) is 7.92. The highest BCUT2D eigenvalue weighted by molar-refractivity contribution is 5.88. The van der Waals surface area contributed by atoms with E-state index in [1.165, 1.54) is 0 Å². The second-order valence-corrected chi connectivity index (χ2v) is 5.53. The molecule has 4 heteroatoms. The highest BCUT2D eigenvalue weighted by atomic mass is 16.2. The molecule has 0 unspecified atom stereocenters. The lowest BCUT2D eigenvalue weighted by Crippen LogP contribution is -2.32. The Morgan fingerprint density at radius 1 is 1.53 bits per heavy atom. The van der Waals surface area contributed by atoms with Crippen molar-refractivity contribution >= 4 is 11.8 Å². The first kappa shape index (κ1) is 14.0. The molecule has 0 aliphatic carbocycles. The summed E-state index contributed by atoms with van der Waals surface area (Å²) in [6.45, 7) is 7.86. The van der Waals surface area contributed by atoms with Crippen molar-refractivity contribution in [2.24, 2.45) is 11.3 Å². The summed E-state index contributed by atoms with van der Waals surface area (Å²) in [5.74, 6) is -0.0693. The number of likely N-dealkylation sites (tertiary alicyclic amines) is 1. The van der Waals surface area contributed by atoms with Crippen LogP contribution < -0.4 is 5.32 Å². The van der Waals surface area contributed by atoms with Gasteiger partial charge in [-0.3, -0.25) is 9.59 Å². The first-order valence-corrected chi connectivity index (χ1v) is 6.41. The molecule has 0 aromatic carbocycles. The Kier molecular flexibility index (Phi) is 4.54. The molecule has 0 bridgehead atoms. The van der Waals surface area contributed by atoms with Gasteiger partial charge < -0.3 is 10.2 Å². The summed E-state index contributed by atoms with van der Waals surface area (Å²) in [5, 5.41) is 2.60. The fourth-order valence-corrected chi connectivity index (χ4v) is 2.42. The Hall–Kier alpha value is -1.06. The van der Waals surface area contributed by atoms with E-state index in [0.29, 0.717) is 6.42 Å². The SMILES string of the molecule is CCCCN1CC(C)(C)[C@H](CC(=O)NC)C1=O. The van der Waals surface area contributed by atoms with Crippen LogP contribution in [0, 0.1) is 11.3 Å². The Labute approximate surface area is 104 Å². The zero-order valence-corrected chi connectivity index (χ0v) is 11.4. The van der Waals surface area contributed by atoms with Crippen molar-refractivity contribution in [1.82, 2.24) is 10.2 Å². The van der Waals surface area contributed by atoms with Gasteiger partial charge in [-0.2, -0.15) is 0 Å². The molecule has 1 rings (SSSR count). The van der Waals surface area contributed by atoms with Crippen LogP contribution in [0.5, 0.6) is 0 Å². The number of amides is 2. The van der Waals surface area contributed by atoms with Crippen LogP contribution in [0.3, 0.4) is 0 Å². The third-order valence-electron chi connectivity index (χ3n) is 3.60. The van der Waals surface area contributed by atoms with Crippen LogP contribution in [0.15, 0.2) is 0 Å². The monoisotopic (exact) mass is 240 g/mol. The molecule has 0 aromatic heterocycles. The molecule has 2 amide bonds. The predicted molar refractivity (Wildman–Crippen MR) is 67.4 cm³/mol. The molecule has 1 saturated heterocycles. The molecule has 0 saturated carbocycles. The Morgan fingerprint density at radius 2 is 2.18 bits per heavy atom. The number of carbonyl (C=O) groups excluding carboxylic acids is 2. The van der Waals surface area contributed by atoms with Gasteiger partial charge in [-0.15, -0.1) is 0 Å². The summed E-state index contributed by atoms with van der Waals surface area (Å²) in [6.07, 6.45) is 2.43. The Morgan fingerprint density at radius 3 is 2.71 bits per heavy atom. The smallest absolute Gasteiger partial charge is 0.226 e. The molecule has 1 atom stereocenters. The van der Waals surface area contributed by atoms with Crippen molar-refractivity contribution < 1.29 is 9.59 Å². The fourth-order valence-electron chi connectivity index (χ4n) is 2.42. The minimum Gasteiger partial charge on any atom is -0.359 e. The summed E-state index contributed by atoms with van der Waals surface area (Å²) >= 11 is 0. The van der Waals surface area contributed by atoms with Crippen LogP contribution in [-0.4, -0.2) is 36.9 Å². The zero-order chi connectivity index (χ0) is 13.1. The van der Waals surface area contributed by atoms with Crippen LogP contribution in [0.1, 0.15) is 40.0 Å². The van der Waals surface area contributed by atoms with E-state index < -0.39 is 0 Å². The number of rotatable bonds is 5. The van der Waals surface area contributed by atoms with E-state index in [4.69, 9.17) is 0 Å². The van der Waals surface area contributed by atoms with E-state index in [9.17, 15) is 9.59 Å². The van der Waals surface area contributed by atoms with E-state index in [1.807, 2.05) is 4.90 Å². The third-order valence-corrected chi connectivity index (χ3v) is 3.60. The molecule has 0 spiro atoms. The molecule has 0 aromatic rings. The Bertz CT molecular complexity index is 300. The van der Waals surface area contributed by atoms with Gasteiger partial charge in [-0.05, 0) is 11.8 Å². The van der Waals surface area contributed by atoms with Gasteiger partial charge in [-0.1, -0.05) is 27.2 Å². The van der Waals surface area contributed by atoms with Crippen molar-refractivity contribution in [2.45, 2.75) is 40.0 Å². The lowest BCUT2D eigenvalue weighted by atomic mass is 9.79. The van der Waals surface area contributed by atoms with Gasteiger partial charge in [0.05, 0.1) is 5.92 Å².